The summed E-state index contributed by atoms with van der Waals surface area (Å²) in [6.07, 6.45) is 0.358. The second kappa shape index (κ2) is 6.20. The van der Waals surface area contributed by atoms with Crippen molar-refractivity contribution in [3.05, 3.63) is 28.8 Å². The molecule has 4 nitrogen and oxygen atoms in total. The first-order valence-corrected chi connectivity index (χ1v) is 6.71. The number of halogens is 2. The highest BCUT2D eigenvalue weighted by Crippen LogP contribution is 2.35. The van der Waals surface area contributed by atoms with Gasteiger partial charge in [0, 0.05) is 17.6 Å². The van der Waals surface area contributed by atoms with Gasteiger partial charge in [-0.05, 0) is 44.9 Å². The zero-order valence-electron chi connectivity index (χ0n) is 11.9. The molecule has 2 rings (SSSR count). The van der Waals surface area contributed by atoms with Crippen molar-refractivity contribution in [3.8, 4) is 0 Å². The van der Waals surface area contributed by atoms with Gasteiger partial charge in [0.2, 0.25) is 0 Å². The van der Waals surface area contributed by atoms with Gasteiger partial charge in [-0.25, -0.2) is 4.79 Å². The van der Waals surface area contributed by atoms with E-state index in [0.717, 1.165) is 11.3 Å². The molecule has 0 aliphatic carbocycles. The number of nitrogens with two attached hydrogens (primary N) is 1. The van der Waals surface area contributed by atoms with Gasteiger partial charge in [-0.15, -0.1) is 12.4 Å². The molecule has 6 heteroatoms. The molecule has 1 aliphatic rings. The fraction of sp³-hybridized carbons (Fsp3) is 0.500. The number of hydrogen-bond acceptors (Lipinski definition) is 3. The summed E-state index contributed by atoms with van der Waals surface area (Å²) in [6, 6.07) is 5.36. The van der Waals surface area contributed by atoms with Crippen molar-refractivity contribution in [1.29, 1.82) is 0 Å². The second-order valence-electron chi connectivity index (χ2n) is 5.73. The predicted molar refractivity (Wildman–Crippen MR) is 83.8 cm³/mol. The number of amides is 1. The molecule has 20 heavy (non-hydrogen) atoms. The highest BCUT2D eigenvalue weighted by atomic mass is 35.5. The Bertz CT molecular complexity index is 500. The zero-order chi connectivity index (χ0) is 14.2. The molecule has 1 unspecified atom stereocenters. The van der Waals surface area contributed by atoms with Crippen LogP contribution in [-0.4, -0.2) is 18.2 Å². The Labute approximate surface area is 130 Å². The number of hydrogen-bond donors (Lipinski definition) is 1. The Kier molecular flexibility index (Phi) is 5.30. The van der Waals surface area contributed by atoms with Crippen molar-refractivity contribution in [2.24, 2.45) is 5.73 Å². The Morgan fingerprint density at radius 2 is 2.10 bits per heavy atom. The van der Waals surface area contributed by atoms with Gasteiger partial charge in [-0.2, -0.15) is 0 Å². The van der Waals surface area contributed by atoms with Crippen molar-refractivity contribution in [1.82, 2.24) is 0 Å². The van der Waals surface area contributed by atoms with E-state index in [-0.39, 0.29) is 24.5 Å². The van der Waals surface area contributed by atoms with E-state index in [1.807, 2.05) is 26.8 Å². The molecular formula is C14H20Cl2N2O2. The smallest absolute Gasteiger partial charge is 0.414 e. The minimum atomic E-state index is -0.518. The normalized spacial score (nSPS) is 18.1. The van der Waals surface area contributed by atoms with E-state index in [4.69, 9.17) is 22.1 Å². The van der Waals surface area contributed by atoms with Crippen LogP contribution in [0.1, 0.15) is 38.8 Å². The molecule has 1 aromatic carbocycles. The van der Waals surface area contributed by atoms with Crippen LogP contribution in [0.15, 0.2) is 18.2 Å². The molecule has 112 valence electrons. The van der Waals surface area contributed by atoms with Crippen molar-refractivity contribution in [3.63, 3.8) is 0 Å². The number of anilines is 1. The van der Waals surface area contributed by atoms with Gasteiger partial charge in [0.1, 0.15) is 5.60 Å². The van der Waals surface area contributed by atoms with Crippen LogP contribution in [0.2, 0.25) is 5.02 Å². The third-order valence-electron chi connectivity index (χ3n) is 2.96. The lowest BCUT2D eigenvalue weighted by molar-refractivity contribution is 0.0576. The molecule has 0 radical (unpaired) electrons. The molecule has 0 spiro atoms. The van der Waals surface area contributed by atoms with E-state index in [1.165, 1.54) is 0 Å². The Morgan fingerprint density at radius 1 is 1.45 bits per heavy atom. The van der Waals surface area contributed by atoms with Gasteiger partial charge in [0.05, 0.1) is 5.69 Å². The standard InChI is InChI=1S/C14H19ClN2O2.ClH/c1-14(2,3)19-13(18)17-7-6-11(16)10-5-4-9(15)8-12(10)17;/h4-5,8,11H,6-7,16H2,1-3H3;1H. The number of carbonyl (C=O) groups is 1. The highest BCUT2D eigenvalue weighted by molar-refractivity contribution is 6.31. The van der Waals surface area contributed by atoms with Crippen LogP contribution in [0.4, 0.5) is 10.5 Å². The maximum atomic E-state index is 12.2. The van der Waals surface area contributed by atoms with Crippen molar-refractivity contribution in [2.75, 3.05) is 11.4 Å². The number of carbonyl (C=O) groups excluding carboxylic acids is 1. The summed E-state index contributed by atoms with van der Waals surface area (Å²) in [5, 5.41) is 0.585. The average Bonchev–Trinajstić information content (AvgIpc) is 2.26. The maximum Gasteiger partial charge on any atom is 0.414 e. The topological polar surface area (TPSA) is 55.6 Å². The van der Waals surface area contributed by atoms with Crippen LogP contribution in [0, 0.1) is 0 Å². The molecule has 1 aliphatic heterocycles. The molecule has 1 aromatic rings. The number of fused-ring (bicyclic) bond motifs is 1. The lowest BCUT2D eigenvalue weighted by Gasteiger charge is -2.34. The number of nitrogens with zero attached hydrogens (tertiary/aromatic N) is 1. The minimum Gasteiger partial charge on any atom is -0.443 e. The average molecular weight is 319 g/mol. The number of rotatable bonds is 0. The molecule has 2 N–H and O–H groups in total. The zero-order valence-corrected chi connectivity index (χ0v) is 13.4. The Morgan fingerprint density at radius 3 is 2.70 bits per heavy atom. The summed E-state index contributed by atoms with van der Waals surface area (Å²) in [6.45, 7) is 6.09. The summed E-state index contributed by atoms with van der Waals surface area (Å²) in [5.74, 6) is 0. The molecule has 0 saturated heterocycles. The molecule has 0 bridgehead atoms. The molecular weight excluding hydrogens is 299 g/mol. The summed E-state index contributed by atoms with van der Waals surface area (Å²) in [5.41, 5.74) is 7.23. The van der Waals surface area contributed by atoms with Crippen LogP contribution in [0.25, 0.3) is 0 Å². The largest absolute Gasteiger partial charge is 0.443 e. The van der Waals surface area contributed by atoms with Gasteiger partial charge in [-0.1, -0.05) is 17.7 Å². The molecule has 1 atom stereocenters. The third kappa shape index (κ3) is 3.78. The Balaban J connectivity index is 0.00000200. The SMILES string of the molecule is CC(C)(C)OC(=O)N1CCC(N)c2ccc(Cl)cc21.Cl. The van der Waals surface area contributed by atoms with Gasteiger partial charge < -0.3 is 10.5 Å². The molecule has 1 amide bonds. The summed E-state index contributed by atoms with van der Waals surface area (Å²) >= 11 is 6.01. The van der Waals surface area contributed by atoms with Crippen LogP contribution in [0.5, 0.6) is 0 Å². The highest BCUT2D eigenvalue weighted by Gasteiger charge is 2.30. The number of ether oxygens (including phenoxy) is 1. The maximum absolute atomic E-state index is 12.2. The summed E-state index contributed by atoms with van der Waals surface area (Å²) in [7, 11) is 0. The van der Waals surface area contributed by atoms with Gasteiger partial charge in [0.15, 0.2) is 0 Å². The molecule has 1 heterocycles. The van der Waals surface area contributed by atoms with Crippen LogP contribution in [-0.2, 0) is 4.74 Å². The molecule has 0 saturated carbocycles. The Hall–Kier alpha value is -0.970. The van der Waals surface area contributed by atoms with Crippen molar-refractivity contribution < 1.29 is 9.53 Å². The van der Waals surface area contributed by atoms with Gasteiger partial charge in [0.25, 0.3) is 0 Å². The van der Waals surface area contributed by atoms with E-state index in [9.17, 15) is 4.79 Å². The van der Waals surface area contributed by atoms with E-state index < -0.39 is 5.60 Å². The number of benzene rings is 1. The summed E-state index contributed by atoms with van der Waals surface area (Å²) in [4.78, 5) is 13.8. The minimum absolute atomic E-state index is 0. The first-order valence-electron chi connectivity index (χ1n) is 6.33. The predicted octanol–water partition coefficient (Wildman–Crippen LogP) is 3.91. The molecule has 0 aromatic heterocycles. The fourth-order valence-electron chi connectivity index (χ4n) is 2.11. The van der Waals surface area contributed by atoms with E-state index in [2.05, 4.69) is 0 Å². The fourth-order valence-corrected chi connectivity index (χ4v) is 2.28. The third-order valence-corrected chi connectivity index (χ3v) is 3.20. The lowest BCUT2D eigenvalue weighted by atomic mass is 9.97. The van der Waals surface area contributed by atoms with E-state index in [1.54, 1.807) is 17.0 Å². The van der Waals surface area contributed by atoms with Crippen LogP contribution < -0.4 is 10.6 Å². The lowest BCUT2D eigenvalue weighted by Crippen LogP contribution is -2.41. The molecule has 0 fully saturated rings. The van der Waals surface area contributed by atoms with Gasteiger partial charge >= 0.3 is 6.09 Å². The van der Waals surface area contributed by atoms with Crippen LogP contribution in [0.3, 0.4) is 0 Å². The van der Waals surface area contributed by atoms with Crippen LogP contribution >= 0.6 is 24.0 Å². The van der Waals surface area contributed by atoms with E-state index in [0.29, 0.717) is 18.0 Å². The van der Waals surface area contributed by atoms with Gasteiger partial charge in [-0.3, -0.25) is 4.90 Å². The first-order chi connectivity index (χ1) is 8.78. The monoisotopic (exact) mass is 318 g/mol. The first kappa shape index (κ1) is 17.1. The quantitative estimate of drug-likeness (QED) is 0.789. The van der Waals surface area contributed by atoms with Crippen molar-refractivity contribution in [2.45, 2.75) is 38.8 Å². The second-order valence-corrected chi connectivity index (χ2v) is 6.17. The van der Waals surface area contributed by atoms with Crippen molar-refractivity contribution >= 4 is 35.8 Å². The van der Waals surface area contributed by atoms with E-state index >= 15 is 0 Å². The summed E-state index contributed by atoms with van der Waals surface area (Å²) < 4.78 is 5.41.